The van der Waals surface area contributed by atoms with Gasteiger partial charge in [0, 0.05) is 15.6 Å². The SMILES string of the molecule is C=C(C)CC(NC)c1cc2ccc(F)cc2s1. The van der Waals surface area contributed by atoms with E-state index in [0.717, 1.165) is 22.1 Å². The fourth-order valence-electron chi connectivity index (χ4n) is 1.89. The smallest absolute Gasteiger partial charge is 0.124 e. The lowest BCUT2D eigenvalue weighted by Gasteiger charge is -2.13. The van der Waals surface area contributed by atoms with E-state index in [0.29, 0.717) is 0 Å². The minimum atomic E-state index is -0.174. The molecule has 0 saturated heterocycles. The van der Waals surface area contributed by atoms with Gasteiger partial charge in [0.2, 0.25) is 0 Å². The summed E-state index contributed by atoms with van der Waals surface area (Å²) in [7, 11) is 1.94. The predicted molar refractivity (Wildman–Crippen MR) is 73.0 cm³/mol. The number of hydrogen-bond acceptors (Lipinski definition) is 2. The van der Waals surface area contributed by atoms with E-state index >= 15 is 0 Å². The minimum Gasteiger partial charge on any atom is -0.312 e. The summed E-state index contributed by atoms with van der Waals surface area (Å²) in [6.07, 6.45) is 0.909. The van der Waals surface area contributed by atoms with Gasteiger partial charge in [-0.15, -0.1) is 17.9 Å². The van der Waals surface area contributed by atoms with Gasteiger partial charge in [0.1, 0.15) is 5.82 Å². The zero-order valence-corrected chi connectivity index (χ0v) is 10.9. The van der Waals surface area contributed by atoms with Crippen LogP contribution in [0.25, 0.3) is 10.1 Å². The summed E-state index contributed by atoms with van der Waals surface area (Å²) in [4.78, 5) is 1.23. The highest BCUT2D eigenvalue weighted by molar-refractivity contribution is 7.19. The molecular weight excluding hydrogens is 233 g/mol. The third-order valence-corrected chi connectivity index (χ3v) is 3.96. The van der Waals surface area contributed by atoms with Gasteiger partial charge in [-0.1, -0.05) is 11.6 Å². The quantitative estimate of drug-likeness (QED) is 0.798. The van der Waals surface area contributed by atoms with Crippen molar-refractivity contribution in [2.75, 3.05) is 7.05 Å². The number of rotatable bonds is 4. The van der Waals surface area contributed by atoms with Crippen molar-refractivity contribution >= 4 is 21.4 Å². The summed E-state index contributed by atoms with van der Waals surface area (Å²) in [6.45, 7) is 5.97. The molecule has 1 atom stereocenters. The molecule has 1 unspecified atom stereocenters. The van der Waals surface area contributed by atoms with Crippen molar-refractivity contribution in [1.29, 1.82) is 0 Å². The maximum absolute atomic E-state index is 13.1. The summed E-state index contributed by atoms with van der Waals surface area (Å²) < 4.78 is 14.1. The van der Waals surface area contributed by atoms with Gasteiger partial charge < -0.3 is 5.32 Å². The molecule has 2 aromatic rings. The zero-order chi connectivity index (χ0) is 12.4. The van der Waals surface area contributed by atoms with E-state index in [1.165, 1.54) is 10.9 Å². The lowest BCUT2D eigenvalue weighted by Crippen LogP contribution is -2.15. The molecule has 0 amide bonds. The van der Waals surface area contributed by atoms with E-state index in [9.17, 15) is 4.39 Å². The van der Waals surface area contributed by atoms with Crippen LogP contribution in [0.2, 0.25) is 0 Å². The average molecular weight is 249 g/mol. The molecule has 3 heteroatoms. The van der Waals surface area contributed by atoms with Crippen LogP contribution in [0.3, 0.4) is 0 Å². The maximum atomic E-state index is 13.1. The van der Waals surface area contributed by atoms with Crippen LogP contribution in [-0.4, -0.2) is 7.05 Å². The van der Waals surface area contributed by atoms with Crippen LogP contribution in [0.5, 0.6) is 0 Å². The fourth-order valence-corrected chi connectivity index (χ4v) is 3.09. The Morgan fingerprint density at radius 3 is 2.88 bits per heavy atom. The highest BCUT2D eigenvalue weighted by Gasteiger charge is 2.13. The maximum Gasteiger partial charge on any atom is 0.124 e. The van der Waals surface area contributed by atoms with E-state index in [-0.39, 0.29) is 11.9 Å². The Balaban J connectivity index is 2.37. The van der Waals surface area contributed by atoms with Crippen molar-refractivity contribution in [1.82, 2.24) is 5.32 Å². The Bertz CT molecular complexity index is 544. The van der Waals surface area contributed by atoms with Gasteiger partial charge in [0.25, 0.3) is 0 Å². The Hall–Kier alpha value is -1.19. The number of thiophene rings is 1. The molecule has 1 nitrogen and oxygen atoms in total. The van der Waals surface area contributed by atoms with Crippen molar-refractivity contribution in [2.24, 2.45) is 0 Å². The molecule has 1 aromatic carbocycles. The molecule has 1 N–H and O–H groups in total. The molecule has 0 fully saturated rings. The van der Waals surface area contributed by atoms with Gasteiger partial charge >= 0.3 is 0 Å². The van der Waals surface area contributed by atoms with Crippen LogP contribution in [0.1, 0.15) is 24.3 Å². The molecule has 0 aliphatic carbocycles. The topological polar surface area (TPSA) is 12.0 Å². The monoisotopic (exact) mass is 249 g/mol. The van der Waals surface area contributed by atoms with Crippen molar-refractivity contribution < 1.29 is 4.39 Å². The zero-order valence-electron chi connectivity index (χ0n) is 10.1. The molecule has 0 bridgehead atoms. The largest absolute Gasteiger partial charge is 0.312 e. The first-order valence-electron chi connectivity index (χ1n) is 5.61. The van der Waals surface area contributed by atoms with Crippen LogP contribution < -0.4 is 5.32 Å². The molecule has 1 heterocycles. The molecule has 1 aromatic heterocycles. The Labute approximate surface area is 105 Å². The van der Waals surface area contributed by atoms with Gasteiger partial charge in [-0.2, -0.15) is 0 Å². The third-order valence-electron chi connectivity index (χ3n) is 2.75. The molecule has 90 valence electrons. The highest BCUT2D eigenvalue weighted by atomic mass is 32.1. The summed E-state index contributed by atoms with van der Waals surface area (Å²) >= 11 is 1.64. The van der Waals surface area contributed by atoms with Crippen LogP contribution in [0, 0.1) is 5.82 Å². The molecule has 17 heavy (non-hydrogen) atoms. The van der Waals surface area contributed by atoms with Crippen molar-refractivity contribution in [3.8, 4) is 0 Å². The average Bonchev–Trinajstić information content (AvgIpc) is 2.68. The second kappa shape index (κ2) is 4.98. The first-order valence-corrected chi connectivity index (χ1v) is 6.42. The summed E-state index contributed by atoms with van der Waals surface area (Å²) in [5, 5.41) is 4.39. The van der Waals surface area contributed by atoms with Crippen LogP contribution in [-0.2, 0) is 0 Å². The first kappa shape index (κ1) is 12.3. The fraction of sp³-hybridized carbons (Fsp3) is 0.286. The van der Waals surface area contributed by atoms with Gasteiger partial charge in [0.15, 0.2) is 0 Å². The van der Waals surface area contributed by atoms with Crippen LogP contribution in [0.15, 0.2) is 36.4 Å². The van der Waals surface area contributed by atoms with Crippen molar-refractivity contribution in [3.63, 3.8) is 0 Å². The molecule has 0 aliphatic rings. The molecule has 0 aliphatic heterocycles. The summed E-state index contributed by atoms with van der Waals surface area (Å²) in [5.41, 5.74) is 1.15. The number of halogens is 1. The van der Waals surface area contributed by atoms with Gasteiger partial charge in [-0.25, -0.2) is 4.39 Å². The van der Waals surface area contributed by atoms with Crippen LogP contribution in [0.4, 0.5) is 4.39 Å². The molecule has 2 rings (SSSR count). The Morgan fingerprint density at radius 1 is 1.47 bits per heavy atom. The van der Waals surface area contributed by atoms with E-state index in [4.69, 9.17) is 0 Å². The lowest BCUT2D eigenvalue weighted by molar-refractivity contribution is 0.600. The number of hydrogen-bond donors (Lipinski definition) is 1. The molecule has 0 saturated carbocycles. The second-order valence-corrected chi connectivity index (χ2v) is 5.45. The summed E-state index contributed by atoms with van der Waals surface area (Å²) in [6, 6.07) is 7.33. The Morgan fingerprint density at radius 2 is 2.24 bits per heavy atom. The number of benzene rings is 1. The first-order chi connectivity index (χ1) is 8.10. The third kappa shape index (κ3) is 2.73. The lowest BCUT2D eigenvalue weighted by atomic mass is 10.1. The highest BCUT2D eigenvalue weighted by Crippen LogP contribution is 2.32. The van der Waals surface area contributed by atoms with E-state index in [2.05, 4.69) is 18.0 Å². The second-order valence-electron chi connectivity index (χ2n) is 4.33. The van der Waals surface area contributed by atoms with Gasteiger partial charge in [-0.3, -0.25) is 0 Å². The predicted octanol–water partition coefficient (Wildman–Crippen LogP) is 4.27. The minimum absolute atomic E-state index is 0.174. The van der Waals surface area contributed by atoms with Crippen molar-refractivity contribution in [2.45, 2.75) is 19.4 Å². The molecule has 0 radical (unpaired) electrons. The normalized spacial score (nSPS) is 12.9. The standard InChI is InChI=1S/C14H16FNS/c1-9(2)6-12(16-3)14-7-10-4-5-11(15)8-13(10)17-14/h4-5,7-8,12,16H,1,6H2,2-3H3. The number of nitrogens with one attached hydrogen (secondary N) is 1. The van der Waals surface area contributed by atoms with E-state index in [1.54, 1.807) is 17.4 Å². The number of fused-ring (bicyclic) bond motifs is 1. The molecular formula is C14H16FNS. The molecule has 0 spiro atoms. The Kier molecular flexibility index (Phi) is 3.60. The van der Waals surface area contributed by atoms with Crippen LogP contribution >= 0.6 is 11.3 Å². The van der Waals surface area contributed by atoms with Crippen molar-refractivity contribution in [3.05, 3.63) is 47.1 Å². The van der Waals surface area contributed by atoms with Gasteiger partial charge in [-0.05, 0) is 44.0 Å². The van der Waals surface area contributed by atoms with E-state index in [1.807, 2.05) is 20.0 Å². The van der Waals surface area contributed by atoms with E-state index < -0.39 is 0 Å². The van der Waals surface area contributed by atoms with Gasteiger partial charge in [0.05, 0.1) is 0 Å². The summed E-state index contributed by atoms with van der Waals surface area (Å²) in [5.74, 6) is -0.174.